The molecule has 178 valence electrons. The van der Waals surface area contributed by atoms with Crippen LogP contribution in [-0.2, 0) is 11.3 Å². The number of nitrogens with zero attached hydrogens (tertiary/aromatic N) is 2. The van der Waals surface area contributed by atoms with E-state index in [1.165, 1.54) is 0 Å². The Bertz CT molecular complexity index is 1120. The van der Waals surface area contributed by atoms with Crippen LogP contribution in [0.15, 0.2) is 78.9 Å². The quantitative estimate of drug-likeness (QED) is 0.464. The van der Waals surface area contributed by atoms with Gasteiger partial charge in [0.05, 0.1) is 6.04 Å². The van der Waals surface area contributed by atoms with E-state index in [4.69, 9.17) is 0 Å². The highest BCUT2D eigenvalue weighted by molar-refractivity contribution is 6.04. The van der Waals surface area contributed by atoms with E-state index in [1.54, 1.807) is 12.1 Å². The Kier molecular flexibility index (Phi) is 7.77. The molecule has 2 amide bonds. The van der Waals surface area contributed by atoms with Gasteiger partial charge in [-0.15, -0.1) is 0 Å². The monoisotopic (exact) mass is 457 g/mol. The molecule has 3 rings (SSSR count). The highest BCUT2D eigenvalue weighted by Crippen LogP contribution is 2.32. The lowest BCUT2D eigenvalue weighted by Gasteiger charge is -2.35. The van der Waals surface area contributed by atoms with Gasteiger partial charge in [0.1, 0.15) is 0 Å². The number of benzene rings is 3. The maximum atomic E-state index is 13.6. The van der Waals surface area contributed by atoms with Gasteiger partial charge in [0.15, 0.2) is 0 Å². The molecule has 3 aromatic carbocycles. The zero-order valence-corrected chi connectivity index (χ0v) is 21.0. The summed E-state index contributed by atoms with van der Waals surface area (Å²) in [5.41, 5.74) is 3.83. The van der Waals surface area contributed by atoms with Crippen molar-refractivity contribution in [3.05, 3.63) is 95.6 Å². The first-order valence-electron chi connectivity index (χ1n) is 11.6. The van der Waals surface area contributed by atoms with Crippen LogP contribution in [-0.4, -0.2) is 30.8 Å². The van der Waals surface area contributed by atoms with E-state index in [-0.39, 0.29) is 17.9 Å². The summed E-state index contributed by atoms with van der Waals surface area (Å²) < 4.78 is 0. The minimum Gasteiger partial charge on any atom is -0.377 e. The van der Waals surface area contributed by atoms with Crippen molar-refractivity contribution in [3.63, 3.8) is 0 Å². The van der Waals surface area contributed by atoms with Crippen molar-refractivity contribution in [1.29, 1.82) is 0 Å². The molecule has 0 unspecified atom stereocenters. The summed E-state index contributed by atoms with van der Waals surface area (Å²) in [6.45, 7) is 8.33. The SMILES string of the molecule is C[C@@H](c1ccccc1)N(Cc1cc(NC(=O)c2ccccc2)ccc1N(C)C)C(=O)C(C)(C)C. The van der Waals surface area contributed by atoms with Crippen LogP contribution in [0.5, 0.6) is 0 Å². The first-order valence-corrected chi connectivity index (χ1v) is 11.6. The van der Waals surface area contributed by atoms with Gasteiger partial charge < -0.3 is 15.1 Å². The molecule has 5 nitrogen and oxygen atoms in total. The molecular formula is C29H35N3O2. The molecule has 5 heteroatoms. The Hall–Kier alpha value is -3.60. The maximum Gasteiger partial charge on any atom is 0.255 e. The van der Waals surface area contributed by atoms with Crippen molar-refractivity contribution in [3.8, 4) is 0 Å². The molecule has 0 spiro atoms. The first-order chi connectivity index (χ1) is 16.1. The fraction of sp³-hybridized carbons (Fsp3) is 0.310. The third-order valence-corrected chi connectivity index (χ3v) is 5.85. The summed E-state index contributed by atoms with van der Waals surface area (Å²) in [5, 5.41) is 3.00. The lowest BCUT2D eigenvalue weighted by molar-refractivity contribution is -0.142. The lowest BCUT2D eigenvalue weighted by atomic mass is 9.92. The fourth-order valence-corrected chi connectivity index (χ4v) is 3.93. The Balaban J connectivity index is 1.97. The molecule has 0 saturated carbocycles. The van der Waals surface area contributed by atoms with E-state index in [0.29, 0.717) is 17.8 Å². The van der Waals surface area contributed by atoms with Crippen LogP contribution in [0.25, 0.3) is 0 Å². The van der Waals surface area contributed by atoms with Crippen LogP contribution < -0.4 is 10.2 Å². The van der Waals surface area contributed by atoms with E-state index in [9.17, 15) is 9.59 Å². The molecule has 1 N–H and O–H groups in total. The van der Waals surface area contributed by atoms with E-state index >= 15 is 0 Å². The third kappa shape index (κ3) is 6.04. The number of anilines is 2. The van der Waals surface area contributed by atoms with Gasteiger partial charge in [-0.2, -0.15) is 0 Å². The Morgan fingerprint density at radius 1 is 0.882 bits per heavy atom. The number of carbonyl (C=O) groups is 2. The van der Waals surface area contributed by atoms with E-state index < -0.39 is 5.41 Å². The minimum atomic E-state index is -0.527. The average Bonchev–Trinajstić information content (AvgIpc) is 2.82. The van der Waals surface area contributed by atoms with Crippen LogP contribution in [0.2, 0.25) is 0 Å². The second-order valence-corrected chi connectivity index (χ2v) is 9.83. The van der Waals surface area contributed by atoms with E-state index in [2.05, 4.69) is 24.4 Å². The van der Waals surface area contributed by atoms with Gasteiger partial charge in [-0.05, 0) is 48.4 Å². The van der Waals surface area contributed by atoms with Crippen LogP contribution in [0.1, 0.15) is 55.2 Å². The van der Waals surface area contributed by atoms with Gasteiger partial charge in [-0.25, -0.2) is 0 Å². The van der Waals surface area contributed by atoms with Crippen molar-refractivity contribution >= 4 is 23.2 Å². The van der Waals surface area contributed by atoms with Crippen molar-refractivity contribution < 1.29 is 9.59 Å². The zero-order chi connectivity index (χ0) is 24.9. The van der Waals surface area contributed by atoms with E-state index in [0.717, 1.165) is 16.8 Å². The molecule has 0 aliphatic heterocycles. The third-order valence-electron chi connectivity index (χ3n) is 5.85. The minimum absolute atomic E-state index is 0.0762. The molecule has 0 aliphatic carbocycles. The highest BCUT2D eigenvalue weighted by atomic mass is 16.2. The van der Waals surface area contributed by atoms with Crippen molar-refractivity contribution in [2.24, 2.45) is 5.41 Å². The molecular weight excluding hydrogens is 422 g/mol. The number of carbonyl (C=O) groups excluding carboxylic acids is 2. The normalized spacial score (nSPS) is 12.1. The summed E-state index contributed by atoms with van der Waals surface area (Å²) in [6, 6.07) is 25.0. The molecule has 0 heterocycles. The molecule has 3 aromatic rings. The lowest BCUT2D eigenvalue weighted by Crippen LogP contribution is -2.40. The van der Waals surface area contributed by atoms with Crippen molar-refractivity contribution in [1.82, 2.24) is 4.90 Å². The number of rotatable bonds is 7. The molecule has 0 bridgehead atoms. The van der Waals surface area contributed by atoms with Crippen molar-refractivity contribution in [2.75, 3.05) is 24.3 Å². The van der Waals surface area contributed by atoms with E-state index in [1.807, 2.05) is 99.3 Å². The summed E-state index contributed by atoms with van der Waals surface area (Å²) >= 11 is 0. The number of nitrogens with one attached hydrogen (secondary N) is 1. The maximum absolute atomic E-state index is 13.6. The fourth-order valence-electron chi connectivity index (χ4n) is 3.93. The van der Waals surface area contributed by atoms with Gasteiger partial charge in [0.2, 0.25) is 5.91 Å². The average molecular weight is 458 g/mol. The topological polar surface area (TPSA) is 52.7 Å². The highest BCUT2D eigenvalue weighted by Gasteiger charge is 2.31. The number of hydrogen-bond donors (Lipinski definition) is 1. The van der Waals surface area contributed by atoms with Gasteiger partial charge in [-0.1, -0.05) is 69.3 Å². The molecule has 0 radical (unpaired) electrons. The predicted molar refractivity (Wildman–Crippen MR) is 140 cm³/mol. The summed E-state index contributed by atoms with van der Waals surface area (Å²) in [4.78, 5) is 30.2. The summed E-state index contributed by atoms with van der Waals surface area (Å²) in [6.07, 6.45) is 0. The largest absolute Gasteiger partial charge is 0.377 e. The summed E-state index contributed by atoms with van der Waals surface area (Å²) in [5.74, 6) is -0.0864. The molecule has 0 aliphatic rings. The van der Waals surface area contributed by atoms with Crippen LogP contribution in [0.4, 0.5) is 11.4 Å². The standard InChI is InChI=1S/C29H35N3O2/c1-21(22-13-9-7-10-14-22)32(28(34)29(2,3)4)20-24-19-25(17-18-26(24)31(5)6)30-27(33)23-15-11-8-12-16-23/h7-19,21H,20H2,1-6H3,(H,30,33)/t21-/m0/s1. The molecule has 0 fully saturated rings. The van der Waals surface area contributed by atoms with Crippen LogP contribution >= 0.6 is 0 Å². The second-order valence-electron chi connectivity index (χ2n) is 9.83. The van der Waals surface area contributed by atoms with Gasteiger partial charge in [-0.3, -0.25) is 9.59 Å². The molecule has 0 saturated heterocycles. The molecule has 34 heavy (non-hydrogen) atoms. The van der Waals surface area contributed by atoms with Crippen LogP contribution in [0, 0.1) is 5.41 Å². The van der Waals surface area contributed by atoms with Gasteiger partial charge in [0.25, 0.3) is 5.91 Å². The summed E-state index contributed by atoms with van der Waals surface area (Å²) in [7, 11) is 3.97. The Morgan fingerprint density at radius 3 is 2.03 bits per heavy atom. The Morgan fingerprint density at radius 2 is 1.47 bits per heavy atom. The molecule has 1 atom stereocenters. The second kappa shape index (κ2) is 10.6. The van der Waals surface area contributed by atoms with Gasteiger partial charge in [0, 0.05) is 43.0 Å². The Labute approximate surface area is 203 Å². The predicted octanol–water partition coefficient (Wildman–Crippen LogP) is 6.14. The van der Waals surface area contributed by atoms with Gasteiger partial charge >= 0.3 is 0 Å². The van der Waals surface area contributed by atoms with Crippen LogP contribution in [0.3, 0.4) is 0 Å². The zero-order valence-electron chi connectivity index (χ0n) is 21.0. The first kappa shape index (κ1) is 25.0. The van der Waals surface area contributed by atoms with Crippen molar-refractivity contribution in [2.45, 2.75) is 40.3 Å². The smallest absolute Gasteiger partial charge is 0.255 e. The number of hydrogen-bond acceptors (Lipinski definition) is 3. The molecule has 0 aromatic heterocycles. The number of amides is 2.